The number of hydrazine groups is 1. The van der Waals surface area contributed by atoms with Crippen LogP contribution in [0.2, 0.25) is 5.02 Å². The molecule has 126 valence electrons. The van der Waals surface area contributed by atoms with E-state index in [1.807, 2.05) is 24.3 Å². The number of nitrogens with one attached hydrogen (secondary N) is 2. The maximum atomic E-state index is 10.9. The number of aromatic nitrogens is 2. The van der Waals surface area contributed by atoms with Gasteiger partial charge in [-0.25, -0.2) is 10.4 Å². The zero-order valence-corrected chi connectivity index (χ0v) is 14.5. The maximum Gasteiger partial charge on any atom is 0.153 e. The molecular weight excluding hydrogens is 358 g/mol. The van der Waals surface area contributed by atoms with Crippen molar-refractivity contribution in [2.24, 2.45) is 4.99 Å². The number of benzene rings is 1. The van der Waals surface area contributed by atoms with Crippen molar-refractivity contribution in [3.05, 3.63) is 69.8 Å². The number of thiophene rings is 1. The van der Waals surface area contributed by atoms with Gasteiger partial charge in [0.15, 0.2) is 6.17 Å². The molecule has 0 saturated heterocycles. The van der Waals surface area contributed by atoms with Gasteiger partial charge in [-0.15, -0.1) is 11.3 Å². The van der Waals surface area contributed by atoms with E-state index < -0.39 is 6.10 Å². The van der Waals surface area contributed by atoms with Gasteiger partial charge in [0, 0.05) is 21.0 Å². The van der Waals surface area contributed by atoms with Gasteiger partial charge >= 0.3 is 0 Å². The van der Waals surface area contributed by atoms with Gasteiger partial charge in [0.1, 0.15) is 6.10 Å². The third-order valence-corrected chi connectivity index (χ3v) is 5.40. The number of aliphatic hydroxyl groups excluding tert-OH is 1. The molecule has 6 nitrogen and oxygen atoms in total. The number of aliphatic imine (C=N–C) groups is 1. The third kappa shape index (κ3) is 3.27. The molecule has 1 aliphatic rings. The van der Waals surface area contributed by atoms with Gasteiger partial charge in [-0.1, -0.05) is 23.7 Å². The zero-order chi connectivity index (χ0) is 17.2. The van der Waals surface area contributed by atoms with Gasteiger partial charge in [0.05, 0.1) is 23.6 Å². The summed E-state index contributed by atoms with van der Waals surface area (Å²) in [5.74, 6) is 0. The Morgan fingerprint density at radius 2 is 2.00 bits per heavy atom. The molecule has 3 aromatic rings. The summed E-state index contributed by atoms with van der Waals surface area (Å²) in [5, 5.41) is 19.3. The molecule has 0 aliphatic carbocycles. The maximum absolute atomic E-state index is 10.9. The van der Waals surface area contributed by atoms with E-state index in [4.69, 9.17) is 11.6 Å². The predicted octanol–water partition coefficient (Wildman–Crippen LogP) is 3.07. The average Bonchev–Trinajstić information content (AvgIpc) is 3.32. The first-order chi connectivity index (χ1) is 12.2. The van der Waals surface area contributed by atoms with Crippen LogP contribution in [-0.4, -0.2) is 21.6 Å². The Hall–Kier alpha value is -2.32. The second kappa shape index (κ2) is 6.89. The summed E-state index contributed by atoms with van der Waals surface area (Å²) >= 11 is 7.52. The van der Waals surface area contributed by atoms with E-state index in [1.165, 1.54) is 0 Å². The van der Waals surface area contributed by atoms with Gasteiger partial charge in [-0.3, -0.25) is 0 Å². The van der Waals surface area contributed by atoms with Gasteiger partial charge < -0.3 is 10.5 Å². The molecule has 3 heterocycles. The molecule has 25 heavy (non-hydrogen) atoms. The first-order valence-corrected chi connectivity index (χ1v) is 8.79. The zero-order valence-electron chi connectivity index (χ0n) is 12.9. The summed E-state index contributed by atoms with van der Waals surface area (Å²) in [6.45, 7) is 0. The highest BCUT2D eigenvalue weighted by molar-refractivity contribution is 7.15. The molecule has 1 aromatic carbocycles. The number of aliphatic hydroxyl groups is 1. The lowest BCUT2D eigenvalue weighted by molar-refractivity contribution is 0.219. The average molecular weight is 372 g/mol. The minimum absolute atomic E-state index is 0.245. The SMILES string of the molecule is OC(c1ccc(Cl)cc1)c1cc(-c2ccnnc2)sc1C1N=CNN1. The van der Waals surface area contributed by atoms with E-state index >= 15 is 0 Å². The largest absolute Gasteiger partial charge is 0.384 e. The lowest BCUT2D eigenvalue weighted by Crippen LogP contribution is -2.26. The Balaban J connectivity index is 1.78. The van der Waals surface area contributed by atoms with Crippen LogP contribution in [0.15, 0.2) is 53.8 Å². The van der Waals surface area contributed by atoms with E-state index in [2.05, 4.69) is 26.0 Å². The van der Waals surface area contributed by atoms with Crippen molar-refractivity contribution in [3.8, 4) is 10.4 Å². The Morgan fingerprint density at radius 3 is 2.68 bits per heavy atom. The molecular formula is C17H14ClN5OS. The standard InChI is InChI=1S/C17H14ClN5OS/c18-12-3-1-10(2-4-12)15(24)13-7-14(11-5-6-20-21-8-11)25-16(13)17-19-9-22-23-17/h1-9,15,17,23-24H,(H,19,22). The predicted molar refractivity (Wildman–Crippen MR) is 98.4 cm³/mol. The van der Waals surface area contributed by atoms with Crippen LogP contribution in [0.5, 0.6) is 0 Å². The number of halogens is 1. The van der Waals surface area contributed by atoms with Crippen LogP contribution in [0.3, 0.4) is 0 Å². The summed E-state index contributed by atoms with van der Waals surface area (Å²) in [4.78, 5) is 6.30. The fourth-order valence-electron chi connectivity index (χ4n) is 2.65. The van der Waals surface area contributed by atoms with Crippen LogP contribution in [0.25, 0.3) is 10.4 Å². The second-order valence-corrected chi connectivity index (χ2v) is 7.01. The van der Waals surface area contributed by atoms with Crippen molar-refractivity contribution in [1.82, 2.24) is 21.0 Å². The van der Waals surface area contributed by atoms with Crippen molar-refractivity contribution in [2.45, 2.75) is 12.3 Å². The smallest absolute Gasteiger partial charge is 0.153 e. The van der Waals surface area contributed by atoms with Gasteiger partial charge in [0.25, 0.3) is 0 Å². The molecule has 0 radical (unpaired) electrons. The summed E-state index contributed by atoms with van der Waals surface area (Å²) in [6.07, 6.45) is 3.95. The van der Waals surface area contributed by atoms with Crippen LogP contribution >= 0.6 is 22.9 Å². The van der Waals surface area contributed by atoms with E-state index in [9.17, 15) is 5.11 Å². The molecule has 4 rings (SSSR count). The van der Waals surface area contributed by atoms with Gasteiger partial charge in [0.2, 0.25) is 0 Å². The lowest BCUT2D eigenvalue weighted by atomic mass is 10.0. The van der Waals surface area contributed by atoms with E-state index in [0.29, 0.717) is 5.02 Å². The Kier molecular flexibility index (Phi) is 4.46. The monoisotopic (exact) mass is 371 g/mol. The van der Waals surface area contributed by atoms with Crippen LogP contribution in [0, 0.1) is 0 Å². The van der Waals surface area contributed by atoms with Crippen LogP contribution in [0.4, 0.5) is 0 Å². The second-order valence-electron chi connectivity index (χ2n) is 5.48. The summed E-state index contributed by atoms with van der Waals surface area (Å²) in [7, 11) is 0. The van der Waals surface area contributed by atoms with Crippen molar-refractivity contribution in [2.75, 3.05) is 0 Å². The minimum Gasteiger partial charge on any atom is -0.384 e. The fraction of sp³-hybridized carbons (Fsp3) is 0.118. The molecule has 0 amide bonds. The molecule has 2 atom stereocenters. The molecule has 8 heteroatoms. The number of hydrogen-bond donors (Lipinski definition) is 3. The summed E-state index contributed by atoms with van der Waals surface area (Å²) in [6, 6.07) is 11.1. The Morgan fingerprint density at radius 1 is 1.16 bits per heavy atom. The first kappa shape index (κ1) is 16.2. The lowest BCUT2D eigenvalue weighted by Gasteiger charge is -2.14. The molecule has 0 fully saturated rings. The van der Waals surface area contributed by atoms with Gasteiger partial charge in [-0.05, 0) is 29.8 Å². The molecule has 2 unspecified atom stereocenters. The molecule has 1 aliphatic heterocycles. The number of nitrogens with zero attached hydrogens (tertiary/aromatic N) is 3. The molecule has 0 bridgehead atoms. The minimum atomic E-state index is -0.773. The van der Waals surface area contributed by atoms with Crippen molar-refractivity contribution in [1.29, 1.82) is 0 Å². The van der Waals surface area contributed by atoms with Crippen molar-refractivity contribution >= 4 is 29.3 Å². The summed E-state index contributed by atoms with van der Waals surface area (Å²) < 4.78 is 0. The van der Waals surface area contributed by atoms with Crippen LogP contribution in [0.1, 0.15) is 28.3 Å². The Bertz CT molecular complexity index is 897. The highest BCUT2D eigenvalue weighted by atomic mass is 35.5. The molecule has 2 aromatic heterocycles. The van der Waals surface area contributed by atoms with Crippen molar-refractivity contribution in [3.63, 3.8) is 0 Å². The van der Waals surface area contributed by atoms with E-state index in [-0.39, 0.29) is 6.17 Å². The highest BCUT2D eigenvalue weighted by Gasteiger charge is 2.25. The number of rotatable bonds is 4. The normalized spacial score (nSPS) is 17.4. The Labute approximate surface area is 153 Å². The van der Waals surface area contributed by atoms with Crippen molar-refractivity contribution < 1.29 is 5.11 Å². The van der Waals surface area contributed by atoms with E-state index in [1.54, 1.807) is 42.2 Å². The van der Waals surface area contributed by atoms with Crippen LogP contribution in [-0.2, 0) is 0 Å². The van der Waals surface area contributed by atoms with Crippen LogP contribution < -0.4 is 10.9 Å². The molecule has 0 spiro atoms. The molecule has 0 saturated carbocycles. The first-order valence-electron chi connectivity index (χ1n) is 7.59. The van der Waals surface area contributed by atoms with Gasteiger partial charge in [-0.2, -0.15) is 10.2 Å². The third-order valence-electron chi connectivity index (χ3n) is 3.90. The number of hydrogen-bond acceptors (Lipinski definition) is 7. The quantitative estimate of drug-likeness (QED) is 0.656. The molecule has 3 N–H and O–H groups in total. The topological polar surface area (TPSA) is 82.4 Å². The summed E-state index contributed by atoms with van der Waals surface area (Å²) in [5.41, 5.74) is 8.48. The van der Waals surface area contributed by atoms with E-state index in [0.717, 1.165) is 26.4 Å². The fourth-order valence-corrected chi connectivity index (χ4v) is 3.96. The highest BCUT2D eigenvalue weighted by Crippen LogP contribution is 2.40.